The molecule has 0 spiro atoms. The first kappa shape index (κ1) is 19.1. The van der Waals surface area contributed by atoms with E-state index in [-0.39, 0.29) is 5.24 Å². The fraction of sp³-hybridized carbons (Fsp3) is 0.722. The molecule has 2 heteroatoms. The van der Waals surface area contributed by atoms with Crippen LogP contribution in [0.4, 0.5) is 0 Å². The summed E-state index contributed by atoms with van der Waals surface area (Å²) in [4.78, 5) is 10.5. The van der Waals surface area contributed by atoms with Gasteiger partial charge >= 0.3 is 0 Å². The lowest BCUT2D eigenvalue weighted by molar-refractivity contribution is -0.111. The molecule has 0 aliphatic carbocycles. The zero-order valence-corrected chi connectivity index (χ0v) is 13.5. The van der Waals surface area contributed by atoms with E-state index >= 15 is 0 Å². The lowest BCUT2D eigenvalue weighted by Gasteiger charge is -1.98. The number of rotatable bonds is 11. The highest BCUT2D eigenvalue weighted by Crippen LogP contribution is 2.09. The number of halogens is 1. The van der Waals surface area contributed by atoms with Gasteiger partial charge in [0.15, 0.2) is 0 Å². The van der Waals surface area contributed by atoms with E-state index in [1.807, 2.05) is 0 Å². The molecule has 0 unspecified atom stereocenters. The van der Waals surface area contributed by atoms with Gasteiger partial charge < -0.3 is 0 Å². The maximum atomic E-state index is 10.5. The Hall–Kier alpha value is -0.920. The minimum atomic E-state index is -0.212. The molecule has 112 valence electrons. The van der Waals surface area contributed by atoms with Crippen molar-refractivity contribution < 1.29 is 4.79 Å². The van der Waals surface area contributed by atoms with Crippen molar-refractivity contribution in [2.24, 2.45) is 0 Å². The van der Waals surface area contributed by atoms with Gasteiger partial charge in [-0.25, -0.2) is 0 Å². The van der Waals surface area contributed by atoms with Crippen molar-refractivity contribution in [3.63, 3.8) is 0 Å². The molecule has 0 aliphatic rings. The van der Waals surface area contributed by atoms with E-state index in [9.17, 15) is 4.79 Å². The molecule has 0 saturated heterocycles. The Morgan fingerprint density at radius 2 is 1.30 bits per heavy atom. The van der Waals surface area contributed by atoms with E-state index in [4.69, 9.17) is 11.6 Å². The normalized spacial score (nSPS) is 9.30. The largest absolute Gasteiger partial charge is 0.281 e. The fourth-order valence-corrected chi connectivity index (χ4v) is 1.99. The first-order valence-electron chi connectivity index (χ1n) is 7.91. The molecule has 0 bridgehead atoms. The van der Waals surface area contributed by atoms with Crippen molar-refractivity contribution in [2.45, 2.75) is 84.0 Å². The number of carbonyl (C=O) groups excluding carboxylic acids is 1. The molecular weight excluding hydrogens is 268 g/mol. The smallest absolute Gasteiger partial charge is 0.221 e. The Kier molecular flexibility index (Phi) is 15.4. The van der Waals surface area contributed by atoms with Crippen LogP contribution in [0.2, 0.25) is 0 Å². The monoisotopic (exact) mass is 294 g/mol. The Labute approximate surface area is 129 Å². The van der Waals surface area contributed by atoms with E-state index in [0.29, 0.717) is 6.42 Å². The molecule has 0 aliphatic heterocycles. The summed E-state index contributed by atoms with van der Waals surface area (Å²) in [6.07, 6.45) is 13.0. The Morgan fingerprint density at radius 3 is 1.85 bits per heavy atom. The highest BCUT2D eigenvalue weighted by molar-refractivity contribution is 6.63. The van der Waals surface area contributed by atoms with Gasteiger partial charge in [-0.1, -0.05) is 57.3 Å². The highest BCUT2D eigenvalue weighted by atomic mass is 35.5. The van der Waals surface area contributed by atoms with Crippen LogP contribution in [-0.2, 0) is 4.79 Å². The maximum Gasteiger partial charge on any atom is 0.221 e. The molecule has 0 saturated carbocycles. The van der Waals surface area contributed by atoms with Crippen molar-refractivity contribution in [3.05, 3.63) is 0 Å². The molecule has 0 amide bonds. The zero-order chi connectivity index (χ0) is 14.9. The van der Waals surface area contributed by atoms with E-state index in [2.05, 4.69) is 30.6 Å². The van der Waals surface area contributed by atoms with Gasteiger partial charge in [0, 0.05) is 19.3 Å². The lowest BCUT2D eigenvalue weighted by atomic mass is 10.1. The molecule has 20 heavy (non-hydrogen) atoms. The molecule has 0 radical (unpaired) electrons. The summed E-state index contributed by atoms with van der Waals surface area (Å²) in [5.41, 5.74) is 0. The summed E-state index contributed by atoms with van der Waals surface area (Å²) in [7, 11) is 0. The van der Waals surface area contributed by atoms with Crippen molar-refractivity contribution >= 4 is 16.8 Å². The maximum absolute atomic E-state index is 10.5. The number of hydrogen-bond donors (Lipinski definition) is 0. The fourth-order valence-electron chi connectivity index (χ4n) is 1.86. The number of carbonyl (C=O) groups is 1. The van der Waals surface area contributed by atoms with Gasteiger partial charge in [0.25, 0.3) is 0 Å². The third-order valence-electron chi connectivity index (χ3n) is 3.07. The second kappa shape index (κ2) is 16.1. The summed E-state index contributed by atoms with van der Waals surface area (Å²) >= 11 is 5.27. The van der Waals surface area contributed by atoms with Crippen LogP contribution in [-0.4, -0.2) is 5.24 Å². The van der Waals surface area contributed by atoms with E-state index in [1.54, 1.807) is 0 Å². The van der Waals surface area contributed by atoms with Gasteiger partial charge in [-0.15, -0.1) is 0 Å². The van der Waals surface area contributed by atoms with Crippen molar-refractivity contribution in [2.75, 3.05) is 0 Å². The third kappa shape index (κ3) is 17.1. The lowest BCUT2D eigenvalue weighted by Crippen LogP contribution is -1.86. The molecule has 0 rings (SSSR count). The topological polar surface area (TPSA) is 17.1 Å². The average Bonchev–Trinajstić information content (AvgIpc) is 2.43. The van der Waals surface area contributed by atoms with Gasteiger partial charge in [0.2, 0.25) is 5.24 Å². The van der Waals surface area contributed by atoms with Crippen LogP contribution in [0, 0.1) is 23.7 Å². The van der Waals surface area contributed by atoms with E-state index in [0.717, 1.165) is 32.1 Å². The van der Waals surface area contributed by atoms with E-state index < -0.39 is 0 Å². The van der Waals surface area contributed by atoms with Crippen LogP contribution in [0.15, 0.2) is 0 Å². The quantitative estimate of drug-likeness (QED) is 0.281. The summed E-state index contributed by atoms with van der Waals surface area (Å²) in [6.45, 7) is 2.20. The SMILES string of the molecule is CCCCCC#CC#CCCCCCCCCC(=O)Cl. The zero-order valence-electron chi connectivity index (χ0n) is 12.8. The van der Waals surface area contributed by atoms with Crippen LogP contribution < -0.4 is 0 Å². The summed E-state index contributed by atoms with van der Waals surface area (Å²) in [5.74, 6) is 12.0. The van der Waals surface area contributed by atoms with Gasteiger partial charge in [-0.2, -0.15) is 0 Å². The first-order valence-corrected chi connectivity index (χ1v) is 8.29. The highest BCUT2D eigenvalue weighted by Gasteiger charge is 1.95. The summed E-state index contributed by atoms with van der Waals surface area (Å²) in [5, 5.41) is -0.212. The van der Waals surface area contributed by atoms with Crippen molar-refractivity contribution in [1.29, 1.82) is 0 Å². The average molecular weight is 295 g/mol. The van der Waals surface area contributed by atoms with Crippen LogP contribution in [0.1, 0.15) is 84.0 Å². The summed E-state index contributed by atoms with van der Waals surface area (Å²) < 4.78 is 0. The Balaban J connectivity index is 3.25. The molecule has 0 fully saturated rings. The van der Waals surface area contributed by atoms with Crippen LogP contribution in [0.25, 0.3) is 0 Å². The molecule has 0 heterocycles. The minimum Gasteiger partial charge on any atom is -0.281 e. The second-order valence-corrected chi connectivity index (χ2v) is 5.46. The standard InChI is InChI=1S/C18H27ClO/c1-2-3-4-5-6-7-8-9-10-11-12-13-14-15-16-17-18(19)20/h2-5,10-17H2,1H3. The van der Waals surface area contributed by atoms with Gasteiger partial charge in [0.1, 0.15) is 0 Å². The van der Waals surface area contributed by atoms with Crippen LogP contribution in [0.3, 0.4) is 0 Å². The minimum absolute atomic E-state index is 0.212. The van der Waals surface area contributed by atoms with Crippen molar-refractivity contribution in [1.82, 2.24) is 0 Å². The van der Waals surface area contributed by atoms with Crippen LogP contribution in [0.5, 0.6) is 0 Å². The predicted octanol–water partition coefficient (Wildman–Crippen LogP) is 5.46. The molecular formula is C18H27ClO. The van der Waals surface area contributed by atoms with Crippen LogP contribution >= 0.6 is 11.6 Å². The molecule has 1 nitrogen and oxygen atoms in total. The predicted molar refractivity (Wildman–Crippen MR) is 87.5 cm³/mol. The second-order valence-electron chi connectivity index (χ2n) is 5.04. The number of unbranched alkanes of at least 4 members (excludes halogenated alkanes) is 9. The molecule has 0 aromatic carbocycles. The van der Waals surface area contributed by atoms with Gasteiger partial charge in [0.05, 0.1) is 0 Å². The third-order valence-corrected chi connectivity index (χ3v) is 3.26. The van der Waals surface area contributed by atoms with Gasteiger partial charge in [-0.3, -0.25) is 4.79 Å². The molecule has 0 aromatic rings. The summed E-state index contributed by atoms with van der Waals surface area (Å²) in [6, 6.07) is 0. The van der Waals surface area contributed by atoms with Crippen molar-refractivity contribution in [3.8, 4) is 23.7 Å². The molecule has 0 N–H and O–H groups in total. The first-order chi connectivity index (χ1) is 9.77. The van der Waals surface area contributed by atoms with E-state index in [1.165, 1.54) is 38.5 Å². The number of hydrogen-bond acceptors (Lipinski definition) is 1. The Morgan fingerprint density at radius 1 is 0.800 bits per heavy atom. The van der Waals surface area contributed by atoms with Gasteiger partial charge in [-0.05, 0) is 42.7 Å². The molecule has 0 atom stereocenters. The molecule has 0 aromatic heterocycles. The Bertz CT molecular complexity index is 351.